The van der Waals surface area contributed by atoms with E-state index in [2.05, 4.69) is 40.8 Å². The molecular weight excluding hydrogens is 282 g/mol. The van der Waals surface area contributed by atoms with Crippen molar-refractivity contribution in [3.05, 3.63) is 30.2 Å². The van der Waals surface area contributed by atoms with Crippen molar-refractivity contribution < 1.29 is 4.52 Å². The lowest BCUT2D eigenvalue weighted by molar-refractivity contribution is 0.246. The Balaban J connectivity index is 1.76. The molecule has 5 heteroatoms. The molecule has 1 aromatic carbocycles. The van der Waals surface area contributed by atoms with Gasteiger partial charge < -0.3 is 9.84 Å². The Labute approximate surface area is 129 Å². The van der Waals surface area contributed by atoms with Crippen LogP contribution in [-0.2, 0) is 0 Å². The van der Waals surface area contributed by atoms with Gasteiger partial charge >= 0.3 is 0 Å². The van der Waals surface area contributed by atoms with E-state index in [-0.39, 0.29) is 6.04 Å². The zero-order valence-electron chi connectivity index (χ0n) is 12.5. The fourth-order valence-corrected chi connectivity index (χ4v) is 3.20. The maximum Gasteiger partial charge on any atom is 0.244 e. The summed E-state index contributed by atoms with van der Waals surface area (Å²) >= 11 is 1.73. The van der Waals surface area contributed by atoms with E-state index in [1.807, 2.05) is 12.1 Å². The van der Waals surface area contributed by atoms with E-state index < -0.39 is 0 Å². The first kappa shape index (κ1) is 14.6. The van der Waals surface area contributed by atoms with Crippen molar-refractivity contribution in [3.8, 4) is 11.4 Å². The molecule has 0 spiro atoms. The SMILES string of the molecule is CCC1CCNC(c2nc(-c3ccc(SC)cc3)no2)C1. The van der Waals surface area contributed by atoms with Gasteiger partial charge in [0.05, 0.1) is 6.04 Å². The molecule has 112 valence electrons. The summed E-state index contributed by atoms with van der Waals surface area (Å²) in [6.07, 6.45) is 5.61. The van der Waals surface area contributed by atoms with Crippen LogP contribution in [0.25, 0.3) is 11.4 Å². The van der Waals surface area contributed by atoms with Crippen LogP contribution < -0.4 is 5.32 Å². The third-order valence-electron chi connectivity index (χ3n) is 4.18. The summed E-state index contributed by atoms with van der Waals surface area (Å²) in [6.45, 7) is 3.28. The highest BCUT2D eigenvalue weighted by Crippen LogP contribution is 2.29. The molecule has 2 heterocycles. The van der Waals surface area contributed by atoms with Crippen molar-refractivity contribution >= 4 is 11.8 Å². The van der Waals surface area contributed by atoms with Crippen molar-refractivity contribution in [2.24, 2.45) is 5.92 Å². The molecule has 4 nitrogen and oxygen atoms in total. The first-order valence-corrected chi connectivity index (χ1v) is 8.74. The predicted molar refractivity (Wildman–Crippen MR) is 85.3 cm³/mol. The maximum absolute atomic E-state index is 5.48. The van der Waals surface area contributed by atoms with E-state index in [9.17, 15) is 0 Å². The normalized spacial score (nSPS) is 22.4. The number of thioether (sulfide) groups is 1. The molecule has 1 aromatic heterocycles. The minimum atomic E-state index is 0.204. The number of piperidine rings is 1. The molecular formula is C16H21N3OS. The van der Waals surface area contributed by atoms with Crippen molar-refractivity contribution in [2.75, 3.05) is 12.8 Å². The first-order chi connectivity index (χ1) is 10.3. The van der Waals surface area contributed by atoms with Crippen molar-refractivity contribution in [3.63, 3.8) is 0 Å². The molecule has 1 aliphatic rings. The largest absolute Gasteiger partial charge is 0.337 e. The zero-order valence-corrected chi connectivity index (χ0v) is 13.3. The molecule has 2 aromatic rings. The van der Waals surface area contributed by atoms with Crippen LogP contribution in [0.5, 0.6) is 0 Å². The number of rotatable bonds is 4. The number of benzene rings is 1. The van der Waals surface area contributed by atoms with Gasteiger partial charge in [0.15, 0.2) is 0 Å². The van der Waals surface area contributed by atoms with E-state index in [0.29, 0.717) is 5.82 Å². The third kappa shape index (κ3) is 3.30. The molecule has 2 atom stereocenters. The minimum absolute atomic E-state index is 0.204. The number of nitrogens with one attached hydrogen (secondary N) is 1. The van der Waals surface area contributed by atoms with Gasteiger partial charge in [0, 0.05) is 10.5 Å². The topological polar surface area (TPSA) is 51.0 Å². The monoisotopic (exact) mass is 303 g/mol. The minimum Gasteiger partial charge on any atom is -0.337 e. The molecule has 0 saturated carbocycles. The molecule has 2 unspecified atom stereocenters. The van der Waals surface area contributed by atoms with E-state index in [1.54, 1.807) is 11.8 Å². The summed E-state index contributed by atoms with van der Waals surface area (Å²) in [7, 11) is 0. The summed E-state index contributed by atoms with van der Waals surface area (Å²) in [6, 6.07) is 8.47. The standard InChI is InChI=1S/C16H21N3OS/c1-3-11-8-9-17-14(10-11)16-18-15(19-20-16)12-4-6-13(21-2)7-5-12/h4-7,11,14,17H,3,8-10H2,1-2H3. The maximum atomic E-state index is 5.48. The molecule has 3 rings (SSSR count). The van der Waals surface area contributed by atoms with Gasteiger partial charge in [-0.1, -0.05) is 18.5 Å². The van der Waals surface area contributed by atoms with E-state index in [4.69, 9.17) is 4.52 Å². The van der Waals surface area contributed by atoms with Crippen LogP contribution in [0.1, 0.15) is 38.1 Å². The van der Waals surface area contributed by atoms with Gasteiger partial charge in [-0.25, -0.2) is 0 Å². The highest BCUT2D eigenvalue weighted by atomic mass is 32.2. The summed E-state index contributed by atoms with van der Waals surface area (Å²) in [4.78, 5) is 5.82. The van der Waals surface area contributed by atoms with Gasteiger partial charge in [-0.15, -0.1) is 11.8 Å². The van der Waals surface area contributed by atoms with Gasteiger partial charge in [-0.05, 0) is 55.8 Å². The van der Waals surface area contributed by atoms with Gasteiger partial charge in [-0.2, -0.15) is 4.98 Å². The van der Waals surface area contributed by atoms with E-state index in [0.717, 1.165) is 30.3 Å². The average Bonchev–Trinajstić information content (AvgIpc) is 3.05. The molecule has 0 amide bonds. The van der Waals surface area contributed by atoms with Crippen LogP contribution in [0.15, 0.2) is 33.7 Å². The second-order valence-electron chi connectivity index (χ2n) is 5.49. The summed E-state index contributed by atoms with van der Waals surface area (Å²) in [5, 5.41) is 7.62. The highest BCUT2D eigenvalue weighted by molar-refractivity contribution is 7.98. The summed E-state index contributed by atoms with van der Waals surface area (Å²) in [5.74, 6) is 2.16. The highest BCUT2D eigenvalue weighted by Gasteiger charge is 2.26. The van der Waals surface area contributed by atoms with Gasteiger partial charge in [-0.3, -0.25) is 0 Å². The predicted octanol–water partition coefficient (Wildman–Crippen LogP) is 3.91. The Morgan fingerprint density at radius 3 is 2.86 bits per heavy atom. The first-order valence-electron chi connectivity index (χ1n) is 7.51. The Bertz CT molecular complexity index is 581. The Morgan fingerprint density at radius 1 is 1.33 bits per heavy atom. The average molecular weight is 303 g/mol. The van der Waals surface area contributed by atoms with Crippen LogP contribution in [0, 0.1) is 5.92 Å². The molecule has 0 radical (unpaired) electrons. The lowest BCUT2D eigenvalue weighted by Crippen LogP contribution is -2.31. The Kier molecular flexibility index (Phi) is 4.60. The second kappa shape index (κ2) is 6.62. The molecule has 21 heavy (non-hydrogen) atoms. The molecule has 1 aliphatic heterocycles. The summed E-state index contributed by atoms with van der Waals surface area (Å²) in [5.41, 5.74) is 1.01. The van der Waals surface area contributed by atoms with Crippen LogP contribution >= 0.6 is 11.8 Å². The van der Waals surface area contributed by atoms with Crippen molar-refractivity contribution in [1.82, 2.24) is 15.5 Å². The fraction of sp³-hybridized carbons (Fsp3) is 0.500. The van der Waals surface area contributed by atoms with Crippen LogP contribution in [0.2, 0.25) is 0 Å². The Morgan fingerprint density at radius 2 is 2.14 bits per heavy atom. The fourth-order valence-electron chi connectivity index (χ4n) is 2.79. The van der Waals surface area contributed by atoms with Crippen molar-refractivity contribution in [2.45, 2.75) is 37.1 Å². The molecule has 0 aliphatic carbocycles. The lowest BCUT2D eigenvalue weighted by Gasteiger charge is -2.27. The van der Waals surface area contributed by atoms with Gasteiger partial charge in [0.2, 0.25) is 11.7 Å². The lowest BCUT2D eigenvalue weighted by atomic mass is 9.90. The van der Waals surface area contributed by atoms with Gasteiger partial charge in [0.25, 0.3) is 0 Å². The molecule has 1 fully saturated rings. The molecule has 1 N–H and O–H groups in total. The van der Waals surface area contributed by atoms with Crippen LogP contribution in [-0.4, -0.2) is 22.9 Å². The number of hydrogen-bond donors (Lipinski definition) is 1. The van der Waals surface area contributed by atoms with Crippen LogP contribution in [0.3, 0.4) is 0 Å². The smallest absolute Gasteiger partial charge is 0.244 e. The van der Waals surface area contributed by atoms with E-state index >= 15 is 0 Å². The van der Waals surface area contributed by atoms with Crippen molar-refractivity contribution in [1.29, 1.82) is 0 Å². The molecule has 1 saturated heterocycles. The van der Waals surface area contributed by atoms with Gasteiger partial charge in [0.1, 0.15) is 0 Å². The quantitative estimate of drug-likeness (QED) is 0.868. The number of aromatic nitrogens is 2. The summed E-state index contributed by atoms with van der Waals surface area (Å²) < 4.78 is 5.48. The van der Waals surface area contributed by atoms with E-state index in [1.165, 1.54) is 17.7 Å². The van der Waals surface area contributed by atoms with Crippen LogP contribution in [0.4, 0.5) is 0 Å². The number of nitrogens with zero attached hydrogens (tertiary/aromatic N) is 2. The zero-order chi connectivity index (χ0) is 14.7. The number of hydrogen-bond acceptors (Lipinski definition) is 5. The molecule has 0 bridgehead atoms. The second-order valence-corrected chi connectivity index (χ2v) is 6.37. The Hall–Kier alpha value is -1.33. The third-order valence-corrected chi connectivity index (χ3v) is 4.92.